The molecule has 0 spiro atoms. The predicted octanol–water partition coefficient (Wildman–Crippen LogP) is 4.47. The first-order chi connectivity index (χ1) is 14.8. The maximum Gasteiger partial charge on any atom is 0.243 e. The lowest BCUT2D eigenvalue weighted by Gasteiger charge is -2.31. The Hall–Kier alpha value is -2.55. The van der Waals surface area contributed by atoms with Gasteiger partial charge < -0.3 is 5.32 Å². The number of anilines is 1. The molecule has 3 aromatic rings. The van der Waals surface area contributed by atoms with E-state index in [0.717, 1.165) is 27.4 Å². The molecule has 1 aliphatic heterocycles. The third kappa shape index (κ3) is 4.71. The summed E-state index contributed by atoms with van der Waals surface area (Å²) >= 11 is 1.55. The Morgan fingerprint density at radius 1 is 1.13 bits per heavy atom. The molecule has 1 saturated heterocycles. The van der Waals surface area contributed by atoms with Gasteiger partial charge in [-0.2, -0.15) is 4.31 Å². The van der Waals surface area contributed by atoms with Crippen LogP contribution in [-0.4, -0.2) is 36.7 Å². The van der Waals surface area contributed by atoms with Gasteiger partial charge in [-0.1, -0.05) is 29.8 Å². The van der Waals surface area contributed by atoms with E-state index < -0.39 is 10.0 Å². The van der Waals surface area contributed by atoms with E-state index in [2.05, 4.69) is 10.3 Å². The molecule has 1 amide bonds. The molecule has 8 heteroatoms. The van der Waals surface area contributed by atoms with E-state index in [0.29, 0.717) is 30.8 Å². The molecule has 0 saturated carbocycles. The molecule has 0 bridgehead atoms. The number of nitrogens with one attached hydrogen (secondary N) is 1. The van der Waals surface area contributed by atoms with Crippen LogP contribution in [0.25, 0.3) is 10.6 Å². The molecule has 1 fully saturated rings. The fraction of sp³-hybridized carbons (Fsp3) is 0.304. The fourth-order valence-corrected chi connectivity index (χ4v) is 6.24. The highest BCUT2D eigenvalue weighted by atomic mass is 32.2. The van der Waals surface area contributed by atoms with Crippen molar-refractivity contribution in [2.75, 3.05) is 18.4 Å². The van der Waals surface area contributed by atoms with Gasteiger partial charge in [0.25, 0.3) is 0 Å². The van der Waals surface area contributed by atoms with E-state index in [9.17, 15) is 13.2 Å². The Morgan fingerprint density at radius 3 is 2.58 bits per heavy atom. The summed E-state index contributed by atoms with van der Waals surface area (Å²) in [5, 5.41) is 5.81. The van der Waals surface area contributed by atoms with Crippen LogP contribution in [0.3, 0.4) is 0 Å². The van der Waals surface area contributed by atoms with Crippen molar-refractivity contribution >= 4 is 33.0 Å². The van der Waals surface area contributed by atoms with Crippen molar-refractivity contribution in [1.29, 1.82) is 0 Å². The lowest BCUT2D eigenvalue weighted by molar-refractivity contribution is -0.120. The minimum Gasteiger partial charge on any atom is -0.326 e. The molecular formula is C23H25N3O3S2. The van der Waals surface area contributed by atoms with E-state index in [4.69, 9.17) is 0 Å². The minimum atomic E-state index is -3.55. The number of piperidine rings is 1. The van der Waals surface area contributed by atoms with Crippen LogP contribution in [0.15, 0.2) is 58.9 Å². The molecular weight excluding hydrogens is 430 g/mol. The number of aryl methyl sites for hydroxylation is 2. The van der Waals surface area contributed by atoms with Crippen molar-refractivity contribution < 1.29 is 13.2 Å². The van der Waals surface area contributed by atoms with Gasteiger partial charge in [-0.05, 0) is 50.5 Å². The van der Waals surface area contributed by atoms with Crippen molar-refractivity contribution in [2.24, 2.45) is 5.92 Å². The van der Waals surface area contributed by atoms with Gasteiger partial charge in [-0.3, -0.25) is 4.79 Å². The van der Waals surface area contributed by atoms with Gasteiger partial charge in [0.2, 0.25) is 15.9 Å². The van der Waals surface area contributed by atoms with Crippen molar-refractivity contribution in [3.05, 3.63) is 65.2 Å². The van der Waals surface area contributed by atoms with Gasteiger partial charge in [0.1, 0.15) is 5.01 Å². The Morgan fingerprint density at radius 2 is 1.90 bits per heavy atom. The smallest absolute Gasteiger partial charge is 0.243 e. The molecule has 162 valence electrons. The van der Waals surface area contributed by atoms with Gasteiger partial charge in [-0.15, -0.1) is 11.3 Å². The first kappa shape index (κ1) is 21.7. The maximum absolute atomic E-state index is 13.1. The van der Waals surface area contributed by atoms with Crippen molar-refractivity contribution in [2.45, 2.75) is 31.6 Å². The van der Waals surface area contributed by atoms with Gasteiger partial charge in [0.05, 0.1) is 4.90 Å². The fourth-order valence-electron chi connectivity index (χ4n) is 3.93. The molecule has 0 unspecified atom stereocenters. The van der Waals surface area contributed by atoms with Crippen LogP contribution in [0.2, 0.25) is 0 Å². The van der Waals surface area contributed by atoms with Crippen molar-refractivity contribution in [3.8, 4) is 10.6 Å². The van der Waals surface area contributed by atoms with Gasteiger partial charge in [0.15, 0.2) is 0 Å². The van der Waals surface area contributed by atoms with Crippen LogP contribution in [0.5, 0.6) is 0 Å². The van der Waals surface area contributed by atoms with Crippen molar-refractivity contribution in [1.82, 2.24) is 9.29 Å². The normalized spacial score (nSPS) is 15.7. The van der Waals surface area contributed by atoms with Crippen LogP contribution in [0.1, 0.15) is 24.0 Å². The highest BCUT2D eigenvalue weighted by Gasteiger charge is 2.32. The third-order valence-corrected chi connectivity index (χ3v) is 8.46. The van der Waals surface area contributed by atoms with E-state index in [1.165, 1.54) is 4.31 Å². The topological polar surface area (TPSA) is 79.4 Å². The molecule has 4 rings (SSSR count). The second-order valence-corrected chi connectivity index (χ2v) is 10.7. The van der Waals surface area contributed by atoms with Gasteiger partial charge >= 0.3 is 0 Å². The average molecular weight is 456 g/mol. The Labute approximate surface area is 187 Å². The lowest BCUT2D eigenvalue weighted by atomic mass is 9.97. The summed E-state index contributed by atoms with van der Waals surface area (Å²) < 4.78 is 27.6. The molecule has 0 atom stereocenters. The first-order valence-corrected chi connectivity index (χ1v) is 12.5. The highest BCUT2D eigenvalue weighted by molar-refractivity contribution is 7.89. The number of hydrogen-bond donors (Lipinski definition) is 1. The molecule has 0 radical (unpaired) electrons. The zero-order chi connectivity index (χ0) is 22.0. The molecule has 1 N–H and O–H groups in total. The summed E-state index contributed by atoms with van der Waals surface area (Å²) in [5.74, 6) is -0.283. The number of carbonyl (C=O) groups is 1. The SMILES string of the molecule is Cc1ccc(S(=O)(=O)N2CCC(C(=O)Nc3cccc(-c4nccs4)c3)CC2)c(C)c1. The maximum atomic E-state index is 13.1. The van der Waals surface area contributed by atoms with Gasteiger partial charge in [-0.25, -0.2) is 13.4 Å². The van der Waals surface area contributed by atoms with Crippen molar-refractivity contribution in [3.63, 3.8) is 0 Å². The summed E-state index contributed by atoms with van der Waals surface area (Å²) in [7, 11) is -3.55. The first-order valence-electron chi connectivity index (χ1n) is 10.2. The van der Waals surface area contributed by atoms with Crippen LogP contribution in [0.4, 0.5) is 5.69 Å². The summed E-state index contributed by atoms with van der Waals surface area (Å²) in [6.07, 6.45) is 2.76. The summed E-state index contributed by atoms with van der Waals surface area (Å²) in [6.45, 7) is 4.44. The number of benzene rings is 2. The van der Waals surface area contributed by atoms with E-state index in [1.807, 2.05) is 55.6 Å². The third-order valence-electron chi connectivity index (χ3n) is 5.58. The van der Waals surface area contributed by atoms with Gasteiger partial charge in [0, 0.05) is 41.8 Å². The standard InChI is InChI=1S/C23H25N3O3S2/c1-16-6-7-21(17(2)14-16)31(28,29)26-11-8-18(9-12-26)22(27)25-20-5-3-4-19(15-20)23-24-10-13-30-23/h3-7,10,13-15,18H,8-9,11-12H2,1-2H3,(H,25,27). The Bertz CT molecular complexity index is 1180. The number of carbonyl (C=O) groups excluding carboxylic acids is 1. The van der Waals surface area contributed by atoms with E-state index in [1.54, 1.807) is 23.6 Å². The second-order valence-electron chi connectivity index (χ2n) is 7.85. The molecule has 2 heterocycles. The second kappa shape index (κ2) is 8.90. The zero-order valence-electron chi connectivity index (χ0n) is 17.5. The molecule has 2 aromatic carbocycles. The monoisotopic (exact) mass is 455 g/mol. The molecule has 1 aromatic heterocycles. The zero-order valence-corrected chi connectivity index (χ0v) is 19.2. The number of thiazole rings is 1. The average Bonchev–Trinajstić information content (AvgIpc) is 3.29. The minimum absolute atomic E-state index is 0.0696. The molecule has 31 heavy (non-hydrogen) atoms. The Balaban J connectivity index is 1.40. The number of hydrogen-bond acceptors (Lipinski definition) is 5. The molecule has 6 nitrogen and oxygen atoms in total. The molecule has 1 aliphatic rings. The number of aromatic nitrogens is 1. The number of sulfonamides is 1. The number of amides is 1. The van der Waals surface area contributed by atoms with Crippen LogP contribution >= 0.6 is 11.3 Å². The Kier molecular flexibility index (Phi) is 6.22. The van der Waals surface area contributed by atoms with E-state index >= 15 is 0 Å². The summed E-state index contributed by atoms with van der Waals surface area (Å²) in [4.78, 5) is 17.4. The predicted molar refractivity (Wildman–Crippen MR) is 124 cm³/mol. The summed E-state index contributed by atoms with van der Waals surface area (Å²) in [6, 6.07) is 13.0. The highest BCUT2D eigenvalue weighted by Crippen LogP contribution is 2.28. The van der Waals surface area contributed by atoms with E-state index in [-0.39, 0.29) is 11.8 Å². The number of rotatable bonds is 5. The van der Waals surface area contributed by atoms with Crippen LogP contribution in [0, 0.1) is 19.8 Å². The largest absolute Gasteiger partial charge is 0.326 e. The number of nitrogens with zero attached hydrogens (tertiary/aromatic N) is 2. The quantitative estimate of drug-likeness (QED) is 0.616. The lowest BCUT2D eigenvalue weighted by Crippen LogP contribution is -2.41. The molecule has 0 aliphatic carbocycles. The summed E-state index contributed by atoms with van der Waals surface area (Å²) in [5.41, 5.74) is 3.47. The van der Waals surface area contributed by atoms with Crippen LogP contribution < -0.4 is 5.32 Å². The van der Waals surface area contributed by atoms with Crippen LogP contribution in [-0.2, 0) is 14.8 Å².